The molecule has 18 heavy (non-hydrogen) atoms. The van der Waals surface area contributed by atoms with Crippen LogP contribution in [-0.4, -0.2) is 22.4 Å². The highest BCUT2D eigenvalue weighted by molar-refractivity contribution is 6.31. The van der Waals surface area contributed by atoms with Gasteiger partial charge in [-0.3, -0.25) is 15.0 Å². The number of hydrogen-bond acceptors (Lipinski definition) is 3. The van der Waals surface area contributed by atoms with Gasteiger partial charge in [0, 0.05) is 29.7 Å². The Balaban J connectivity index is 2.94. The molecule has 1 atom stereocenters. The van der Waals surface area contributed by atoms with Crippen LogP contribution in [0.5, 0.6) is 0 Å². The SMILES string of the molecule is CCC(C)N(CC)Cc1cc([N+](=O)[O-])ccc1Cl. The Morgan fingerprint density at radius 1 is 1.44 bits per heavy atom. The number of nitro groups is 1. The van der Waals surface area contributed by atoms with E-state index in [0.717, 1.165) is 18.5 Å². The van der Waals surface area contributed by atoms with Crippen molar-refractivity contribution in [2.75, 3.05) is 6.54 Å². The normalized spacial score (nSPS) is 12.7. The van der Waals surface area contributed by atoms with E-state index in [1.165, 1.54) is 6.07 Å². The zero-order valence-electron chi connectivity index (χ0n) is 11.0. The molecule has 0 saturated carbocycles. The van der Waals surface area contributed by atoms with Crippen molar-refractivity contribution >= 4 is 17.3 Å². The van der Waals surface area contributed by atoms with Crippen molar-refractivity contribution in [1.29, 1.82) is 0 Å². The maximum Gasteiger partial charge on any atom is 0.269 e. The van der Waals surface area contributed by atoms with E-state index >= 15 is 0 Å². The molecule has 0 aliphatic rings. The van der Waals surface area contributed by atoms with Crippen LogP contribution >= 0.6 is 11.6 Å². The van der Waals surface area contributed by atoms with Gasteiger partial charge in [0.25, 0.3) is 5.69 Å². The van der Waals surface area contributed by atoms with E-state index in [4.69, 9.17) is 11.6 Å². The highest BCUT2D eigenvalue weighted by atomic mass is 35.5. The topological polar surface area (TPSA) is 46.4 Å². The van der Waals surface area contributed by atoms with E-state index in [0.29, 0.717) is 17.6 Å². The molecule has 0 saturated heterocycles. The molecule has 5 heteroatoms. The van der Waals surface area contributed by atoms with Crippen molar-refractivity contribution in [2.45, 2.75) is 39.8 Å². The number of rotatable bonds is 6. The van der Waals surface area contributed by atoms with E-state index in [-0.39, 0.29) is 10.6 Å². The Morgan fingerprint density at radius 3 is 2.61 bits per heavy atom. The molecular weight excluding hydrogens is 252 g/mol. The predicted octanol–water partition coefficient (Wildman–Crippen LogP) is 3.87. The number of nitro benzene ring substituents is 1. The molecule has 0 spiro atoms. The maximum atomic E-state index is 10.8. The standard InChI is InChI=1S/C13H19ClN2O2/c1-4-10(3)15(5-2)9-11-8-12(16(17)18)6-7-13(11)14/h6-8,10H,4-5,9H2,1-3H3. The summed E-state index contributed by atoms with van der Waals surface area (Å²) in [7, 11) is 0. The minimum atomic E-state index is -0.390. The van der Waals surface area contributed by atoms with E-state index < -0.39 is 0 Å². The van der Waals surface area contributed by atoms with Gasteiger partial charge in [0.05, 0.1) is 4.92 Å². The van der Waals surface area contributed by atoms with Gasteiger partial charge < -0.3 is 0 Å². The predicted molar refractivity (Wildman–Crippen MR) is 73.9 cm³/mol. The van der Waals surface area contributed by atoms with Crippen LogP contribution in [0.4, 0.5) is 5.69 Å². The van der Waals surface area contributed by atoms with Gasteiger partial charge in [-0.15, -0.1) is 0 Å². The summed E-state index contributed by atoms with van der Waals surface area (Å²) in [6.45, 7) is 7.90. The number of benzene rings is 1. The lowest BCUT2D eigenvalue weighted by Crippen LogP contribution is -2.31. The smallest absolute Gasteiger partial charge is 0.269 e. The van der Waals surface area contributed by atoms with Crippen LogP contribution in [0.15, 0.2) is 18.2 Å². The molecule has 0 aliphatic heterocycles. The number of hydrogen-bond donors (Lipinski definition) is 0. The molecule has 1 unspecified atom stereocenters. The molecule has 0 aromatic heterocycles. The van der Waals surface area contributed by atoms with Crippen molar-refractivity contribution in [3.63, 3.8) is 0 Å². The van der Waals surface area contributed by atoms with Gasteiger partial charge in [0.2, 0.25) is 0 Å². The molecular formula is C13H19ClN2O2. The van der Waals surface area contributed by atoms with Gasteiger partial charge in [0.1, 0.15) is 0 Å². The fourth-order valence-electron chi connectivity index (χ4n) is 1.85. The molecule has 0 bridgehead atoms. The minimum absolute atomic E-state index is 0.0922. The summed E-state index contributed by atoms with van der Waals surface area (Å²) in [6.07, 6.45) is 1.04. The summed E-state index contributed by atoms with van der Waals surface area (Å²) in [5.41, 5.74) is 0.905. The lowest BCUT2D eigenvalue weighted by atomic mass is 10.1. The van der Waals surface area contributed by atoms with Crippen molar-refractivity contribution in [3.05, 3.63) is 38.9 Å². The van der Waals surface area contributed by atoms with Crippen LogP contribution in [0, 0.1) is 10.1 Å². The number of halogens is 1. The molecule has 1 aromatic carbocycles. The summed E-state index contributed by atoms with van der Waals surface area (Å²) in [6, 6.07) is 5.03. The lowest BCUT2D eigenvalue weighted by molar-refractivity contribution is -0.384. The third-order valence-electron chi connectivity index (χ3n) is 3.23. The van der Waals surface area contributed by atoms with Gasteiger partial charge in [-0.2, -0.15) is 0 Å². The minimum Gasteiger partial charge on any atom is -0.297 e. The molecule has 0 amide bonds. The van der Waals surface area contributed by atoms with Gasteiger partial charge in [0.15, 0.2) is 0 Å². The molecule has 0 heterocycles. The first-order valence-electron chi connectivity index (χ1n) is 6.16. The van der Waals surface area contributed by atoms with Crippen LogP contribution in [0.25, 0.3) is 0 Å². The van der Waals surface area contributed by atoms with Crippen LogP contribution < -0.4 is 0 Å². The Hall–Kier alpha value is -1.13. The maximum absolute atomic E-state index is 10.8. The lowest BCUT2D eigenvalue weighted by Gasteiger charge is -2.27. The molecule has 0 aliphatic carbocycles. The Labute approximate surface area is 113 Å². The van der Waals surface area contributed by atoms with E-state index in [2.05, 4.69) is 25.7 Å². The first-order chi connectivity index (χ1) is 8.49. The second kappa shape index (κ2) is 6.71. The molecule has 0 N–H and O–H groups in total. The summed E-state index contributed by atoms with van der Waals surface area (Å²) < 4.78 is 0. The molecule has 4 nitrogen and oxygen atoms in total. The van der Waals surface area contributed by atoms with Crippen molar-refractivity contribution in [1.82, 2.24) is 4.90 Å². The Bertz CT molecular complexity index is 423. The zero-order chi connectivity index (χ0) is 13.7. The third kappa shape index (κ3) is 3.68. The van der Waals surface area contributed by atoms with Gasteiger partial charge in [-0.05, 0) is 31.5 Å². The van der Waals surface area contributed by atoms with Gasteiger partial charge in [-0.25, -0.2) is 0 Å². The highest BCUT2D eigenvalue weighted by Gasteiger charge is 2.15. The molecule has 0 fully saturated rings. The van der Waals surface area contributed by atoms with Crippen LogP contribution in [0.2, 0.25) is 5.02 Å². The van der Waals surface area contributed by atoms with E-state index in [9.17, 15) is 10.1 Å². The molecule has 100 valence electrons. The fourth-order valence-corrected chi connectivity index (χ4v) is 2.03. The van der Waals surface area contributed by atoms with Crippen molar-refractivity contribution < 1.29 is 4.92 Å². The van der Waals surface area contributed by atoms with Crippen molar-refractivity contribution in [3.8, 4) is 0 Å². The monoisotopic (exact) mass is 270 g/mol. The number of non-ortho nitro benzene ring substituents is 1. The third-order valence-corrected chi connectivity index (χ3v) is 3.60. The fraction of sp³-hybridized carbons (Fsp3) is 0.538. The van der Waals surface area contributed by atoms with Gasteiger partial charge in [-0.1, -0.05) is 25.4 Å². The Kier molecular flexibility index (Phi) is 5.56. The molecule has 1 rings (SSSR count). The average molecular weight is 271 g/mol. The second-order valence-electron chi connectivity index (χ2n) is 4.35. The summed E-state index contributed by atoms with van der Waals surface area (Å²) in [5.74, 6) is 0. The molecule has 1 aromatic rings. The first-order valence-corrected chi connectivity index (χ1v) is 6.54. The summed E-state index contributed by atoms with van der Waals surface area (Å²) >= 11 is 6.10. The summed E-state index contributed by atoms with van der Waals surface area (Å²) in [5, 5.41) is 11.3. The van der Waals surface area contributed by atoms with Crippen LogP contribution in [-0.2, 0) is 6.54 Å². The average Bonchev–Trinajstić information content (AvgIpc) is 2.36. The largest absolute Gasteiger partial charge is 0.297 e. The quantitative estimate of drug-likeness (QED) is 0.582. The zero-order valence-corrected chi connectivity index (χ0v) is 11.8. The molecule has 0 radical (unpaired) electrons. The highest BCUT2D eigenvalue weighted by Crippen LogP contribution is 2.24. The van der Waals surface area contributed by atoms with Crippen molar-refractivity contribution in [2.24, 2.45) is 0 Å². The van der Waals surface area contributed by atoms with Crippen LogP contribution in [0.3, 0.4) is 0 Å². The van der Waals surface area contributed by atoms with Gasteiger partial charge >= 0.3 is 0 Å². The number of nitrogens with zero attached hydrogens (tertiary/aromatic N) is 2. The Morgan fingerprint density at radius 2 is 2.11 bits per heavy atom. The van der Waals surface area contributed by atoms with E-state index in [1.54, 1.807) is 12.1 Å². The van der Waals surface area contributed by atoms with Crippen LogP contribution in [0.1, 0.15) is 32.8 Å². The second-order valence-corrected chi connectivity index (χ2v) is 4.76. The summed E-state index contributed by atoms with van der Waals surface area (Å²) in [4.78, 5) is 12.6. The van der Waals surface area contributed by atoms with E-state index in [1.807, 2.05) is 0 Å². The first kappa shape index (κ1) is 14.9.